The lowest BCUT2D eigenvalue weighted by Gasteiger charge is -2.22. The number of amides is 2. The first-order valence-electron chi connectivity index (χ1n) is 8.48. The van der Waals surface area contributed by atoms with Gasteiger partial charge in [-0.1, -0.05) is 0 Å². The van der Waals surface area contributed by atoms with Crippen molar-refractivity contribution in [1.29, 1.82) is 0 Å². The molecule has 1 fully saturated rings. The van der Waals surface area contributed by atoms with E-state index in [1.807, 2.05) is 41.5 Å². The lowest BCUT2D eigenvalue weighted by Crippen LogP contribution is -2.42. The second-order valence-electron chi connectivity index (χ2n) is 8.36. The zero-order valence-electron chi connectivity index (χ0n) is 15.4. The number of hydrogen-bond donors (Lipinski definition) is 3. The Labute approximate surface area is 140 Å². The van der Waals surface area contributed by atoms with Gasteiger partial charge in [0.25, 0.3) is 0 Å². The maximum absolute atomic E-state index is 11.8. The molecule has 1 saturated carbocycles. The Balaban J connectivity index is 2.20. The largest absolute Gasteiger partial charge is 0.444 e. The van der Waals surface area contributed by atoms with Gasteiger partial charge in [-0.25, -0.2) is 4.79 Å². The molecule has 6 nitrogen and oxygen atoms in total. The van der Waals surface area contributed by atoms with E-state index in [0.29, 0.717) is 19.0 Å². The number of carbonyl (C=O) groups excluding carboxylic acids is 2. The Bertz CT molecular complexity index is 410. The topological polar surface area (TPSA) is 79.5 Å². The molecule has 0 saturated heterocycles. The molecule has 23 heavy (non-hydrogen) atoms. The van der Waals surface area contributed by atoms with Gasteiger partial charge < -0.3 is 20.7 Å². The second kappa shape index (κ2) is 7.99. The predicted octanol–water partition coefficient (Wildman–Crippen LogP) is 2.33. The van der Waals surface area contributed by atoms with Gasteiger partial charge >= 0.3 is 6.09 Å². The summed E-state index contributed by atoms with van der Waals surface area (Å²) in [6.07, 6.45) is 2.93. The third-order valence-electron chi connectivity index (χ3n) is 3.45. The van der Waals surface area contributed by atoms with Crippen LogP contribution in [0.25, 0.3) is 0 Å². The molecule has 6 heteroatoms. The molecule has 0 aliphatic heterocycles. The number of alkyl carbamates (subject to hydrolysis) is 1. The molecule has 0 spiro atoms. The van der Waals surface area contributed by atoms with E-state index in [1.165, 1.54) is 0 Å². The summed E-state index contributed by atoms with van der Waals surface area (Å²) in [5.74, 6) is 0.0615. The molecular formula is C17H33N3O3. The summed E-state index contributed by atoms with van der Waals surface area (Å²) in [5, 5.41) is 9.26. The number of hydrogen-bond acceptors (Lipinski definition) is 4. The molecule has 2 unspecified atom stereocenters. The van der Waals surface area contributed by atoms with Crippen LogP contribution in [-0.2, 0) is 9.53 Å². The monoisotopic (exact) mass is 327 g/mol. The van der Waals surface area contributed by atoms with Crippen molar-refractivity contribution >= 4 is 12.0 Å². The van der Waals surface area contributed by atoms with E-state index in [2.05, 4.69) is 16.0 Å². The minimum atomic E-state index is -0.471. The van der Waals surface area contributed by atoms with Crippen molar-refractivity contribution in [3.63, 3.8) is 0 Å². The quantitative estimate of drug-likeness (QED) is 0.724. The van der Waals surface area contributed by atoms with Crippen LogP contribution in [0.1, 0.15) is 67.2 Å². The fourth-order valence-corrected chi connectivity index (χ4v) is 2.64. The van der Waals surface area contributed by atoms with E-state index in [1.54, 1.807) is 0 Å². The highest BCUT2D eigenvalue weighted by molar-refractivity contribution is 5.76. The summed E-state index contributed by atoms with van der Waals surface area (Å²) in [6, 6.07) is 0.489. The summed E-state index contributed by atoms with van der Waals surface area (Å²) in [7, 11) is 0. The number of carbonyl (C=O) groups is 2. The van der Waals surface area contributed by atoms with Gasteiger partial charge in [-0.2, -0.15) is 0 Å². The van der Waals surface area contributed by atoms with Gasteiger partial charge in [0.15, 0.2) is 0 Å². The van der Waals surface area contributed by atoms with Gasteiger partial charge in [0, 0.05) is 30.6 Å². The highest BCUT2D eigenvalue weighted by Crippen LogP contribution is 2.19. The number of ether oxygens (including phenoxy) is 1. The Kier molecular flexibility index (Phi) is 6.86. The molecule has 0 heterocycles. The van der Waals surface area contributed by atoms with Crippen molar-refractivity contribution in [2.75, 3.05) is 6.54 Å². The van der Waals surface area contributed by atoms with Gasteiger partial charge in [-0.05, 0) is 60.8 Å². The van der Waals surface area contributed by atoms with E-state index in [0.717, 1.165) is 19.3 Å². The van der Waals surface area contributed by atoms with Crippen molar-refractivity contribution in [3.8, 4) is 0 Å². The lowest BCUT2D eigenvalue weighted by molar-refractivity contribution is -0.122. The Morgan fingerprint density at radius 1 is 1.04 bits per heavy atom. The molecule has 2 atom stereocenters. The van der Waals surface area contributed by atoms with Crippen molar-refractivity contribution < 1.29 is 14.3 Å². The third kappa shape index (κ3) is 9.43. The summed E-state index contributed by atoms with van der Waals surface area (Å²) in [6.45, 7) is 12.1. The first kappa shape index (κ1) is 19.7. The molecule has 0 aromatic heterocycles. The average Bonchev–Trinajstić information content (AvgIpc) is 2.71. The van der Waals surface area contributed by atoms with Crippen molar-refractivity contribution in [2.45, 2.75) is 90.4 Å². The number of nitrogens with one attached hydrogen (secondary N) is 3. The van der Waals surface area contributed by atoms with Gasteiger partial charge in [-0.15, -0.1) is 0 Å². The van der Waals surface area contributed by atoms with Crippen molar-refractivity contribution in [3.05, 3.63) is 0 Å². The standard InChI is InChI=1S/C17H33N3O3/c1-16(2,3)20-14(21)9-10-18-12-7-8-13(11-12)19-15(22)23-17(4,5)6/h12-13,18H,7-11H2,1-6H3,(H,19,22)(H,20,21). The second-order valence-corrected chi connectivity index (χ2v) is 8.36. The SMILES string of the molecule is CC(C)(C)NC(=O)CCNC1CCC(NC(=O)OC(C)(C)C)C1. The van der Waals surface area contributed by atoms with Crippen molar-refractivity contribution in [2.24, 2.45) is 0 Å². The van der Waals surface area contributed by atoms with Gasteiger partial charge in [0.05, 0.1) is 0 Å². The first-order valence-corrected chi connectivity index (χ1v) is 8.48. The Hall–Kier alpha value is -1.30. The average molecular weight is 327 g/mol. The van der Waals surface area contributed by atoms with Crippen LogP contribution in [0.15, 0.2) is 0 Å². The molecule has 0 radical (unpaired) electrons. The fraction of sp³-hybridized carbons (Fsp3) is 0.882. The molecule has 0 bridgehead atoms. The maximum atomic E-state index is 11.8. The smallest absolute Gasteiger partial charge is 0.407 e. The summed E-state index contributed by atoms with van der Waals surface area (Å²) < 4.78 is 5.27. The van der Waals surface area contributed by atoms with Crippen molar-refractivity contribution in [1.82, 2.24) is 16.0 Å². The van der Waals surface area contributed by atoms with E-state index in [4.69, 9.17) is 4.74 Å². The normalized spacial score (nSPS) is 21.8. The highest BCUT2D eigenvalue weighted by atomic mass is 16.6. The van der Waals surface area contributed by atoms with E-state index < -0.39 is 5.60 Å². The van der Waals surface area contributed by atoms with Crippen LogP contribution in [0.3, 0.4) is 0 Å². The molecule has 0 aromatic carbocycles. The molecule has 2 amide bonds. The van der Waals surface area contributed by atoms with Crippen LogP contribution >= 0.6 is 0 Å². The summed E-state index contributed by atoms with van der Waals surface area (Å²) in [5.41, 5.74) is -0.659. The van der Waals surface area contributed by atoms with Gasteiger partial charge in [-0.3, -0.25) is 4.79 Å². The Morgan fingerprint density at radius 3 is 2.22 bits per heavy atom. The highest BCUT2D eigenvalue weighted by Gasteiger charge is 2.27. The van der Waals surface area contributed by atoms with Crippen LogP contribution in [-0.4, -0.2) is 41.8 Å². The van der Waals surface area contributed by atoms with Crippen LogP contribution in [0.5, 0.6) is 0 Å². The predicted molar refractivity (Wildman–Crippen MR) is 91.3 cm³/mol. The number of rotatable bonds is 5. The first-order chi connectivity index (χ1) is 10.4. The summed E-state index contributed by atoms with van der Waals surface area (Å²) in [4.78, 5) is 23.5. The molecule has 0 aromatic rings. The summed E-state index contributed by atoms with van der Waals surface area (Å²) >= 11 is 0. The molecule has 1 aliphatic carbocycles. The minimum Gasteiger partial charge on any atom is -0.444 e. The zero-order valence-corrected chi connectivity index (χ0v) is 15.4. The third-order valence-corrected chi connectivity index (χ3v) is 3.45. The zero-order chi connectivity index (χ0) is 17.7. The van der Waals surface area contributed by atoms with Gasteiger partial charge in [0.1, 0.15) is 5.60 Å². The fourth-order valence-electron chi connectivity index (χ4n) is 2.64. The molecule has 3 N–H and O–H groups in total. The Morgan fingerprint density at radius 2 is 1.65 bits per heavy atom. The van der Waals surface area contributed by atoms with Crippen LogP contribution in [0.2, 0.25) is 0 Å². The van der Waals surface area contributed by atoms with E-state index in [-0.39, 0.29) is 23.6 Å². The van der Waals surface area contributed by atoms with E-state index >= 15 is 0 Å². The van der Waals surface area contributed by atoms with E-state index in [9.17, 15) is 9.59 Å². The molecule has 1 aliphatic rings. The van der Waals surface area contributed by atoms with Crippen LogP contribution in [0, 0.1) is 0 Å². The molecule has 134 valence electrons. The van der Waals surface area contributed by atoms with Gasteiger partial charge in [0.2, 0.25) is 5.91 Å². The maximum Gasteiger partial charge on any atom is 0.407 e. The van der Waals surface area contributed by atoms with Crippen LogP contribution < -0.4 is 16.0 Å². The van der Waals surface area contributed by atoms with Crippen LogP contribution in [0.4, 0.5) is 4.79 Å². The minimum absolute atomic E-state index is 0.0615. The molecular weight excluding hydrogens is 294 g/mol. The lowest BCUT2D eigenvalue weighted by atomic mass is 10.1. The molecule has 1 rings (SSSR count).